The Labute approximate surface area is 155 Å². The van der Waals surface area contributed by atoms with Crippen molar-refractivity contribution in [3.05, 3.63) is 59.0 Å². The van der Waals surface area contributed by atoms with Gasteiger partial charge in [-0.3, -0.25) is 9.48 Å². The van der Waals surface area contributed by atoms with Gasteiger partial charge in [0.1, 0.15) is 5.69 Å². The molecule has 0 radical (unpaired) electrons. The Bertz CT molecular complexity index is 965. The predicted octanol–water partition coefficient (Wildman–Crippen LogP) is 2.86. The van der Waals surface area contributed by atoms with Crippen LogP contribution in [0.15, 0.2) is 42.7 Å². The van der Waals surface area contributed by atoms with Crippen molar-refractivity contribution >= 4 is 28.4 Å². The van der Waals surface area contributed by atoms with Gasteiger partial charge in [-0.2, -0.15) is 5.10 Å². The first-order chi connectivity index (χ1) is 12.5. The average molecular weight is 371 g/mol. The Balaban J connectivity index is 1.61. The molecule has 1 fully saturated rings. The molecule has 1 atom stereocenters. The van der Waals surface area contributed by atoms with Gasteiger partial charge in [-0.1, -0.05) is 29.8 Å². The van der Waals surface area contributed by atoms with Crippen LogP contribution >= 0.6 is 11.6 Å². The van der Waals surface area contributed by atoms with Crippen LogP contribution in [0.2, 0.25) is 5.02 Å². The number of hydrogen-bond donors (Lipinski definition) is 2. The second kappa shape index (κ2) is 6.70. The van der Waals surface area contributed by atoms with Crippen molar-refractivity contribution in [3.8, 4) is 0 Å². The minimum Gasteiger partial charge on any atom is -0.393 e. The Morgan fingerprint density at radius 3 is 2.85 bits per heavy atom. The van der Waals surface area contributed by atoms with Crippen LogP contribution in [0.3, 0.4) is 0 Å². The summed E-state index contributed by atoms with van der Waals surface area (Å²) in [6.45, 7) is 0. The van der Waals surface area contributed by atoms with E-state index in [1.807, 2.05) is 31.4 Å². The number of para-hydroxylation sites is 1. The molecular weight excluding hydrogens is 352 g/mol. The van der Waals surface area contributed by atoms with Crippen LogP contribution in [0.1, 0.15) is 34.9 Å². The van der Waals surface area contributed by atoms with E-state index in [0.29, 0.717) is 29.1 Å². The maximum atomic E-state index is 12.8. The molecule has 0 spiro atoms. The maximum Gasteiger partial charge on any atom is 0.270 e. The summed E-state index contributed by atoms with van der Waals surface area (Å²) in [5, 5.41) is 18.3. The number of fused-ring (bicyclic) bond motifs is 1. The number of rotatable bonds is 4. The van der Waals surface area contributed by atoms with Gasteiger partial charge in [0.05, 0.1) is 28.9 Å². The van der Waals surface area contributed by atoms with Gasteiger partial charge in [0.2, 0.25) is 0 Å². The normalized spacial score (nSPS) is 20.6. The molecule has 2 heterocycles. The number of aromatic nitrogens is 3. The summed E-state index contributed by atoms with van der Waals surface area (Å²) in [4.78, 5) is 17.2. The van der Waals surface area contributed by atoms with Crippen LogP contribution in [-0.4, -0.2) is 31.9 Å². The highest BCUT2D eigenvalue weighted by Crippen LogP contribution is 2.38. The largest absolute Gasteiger partial charge is 0.393 e. The lowest BCUT2D eigenvalue weighted by Gasteiger charge is -2.37. The molecule has 1 aliphatic carbocycles. The standard InChI is InChI=1S/C19H19ClN4O2/c1-24-10-13(9-21-24)17(12-7-14(25)8-12)23-19(26)16-6-5-11-3-2-4-15(20)18(11)22-16/h2-6,9-10,12,14,17,25H,7-8H2,1H3,(H,23,26). The van der Waals surface area contributed by atoms with Crippen LogP contribution in [0.5, 0.6) is 0 Å². The van der Waals surface area contributed by atoms with Gasteiger partial charge in [0.25, 0.3) is 5.91 Å². The number of carbonyl (C=O) groups excluding carboxylic acids is 1. The minimum absolute atomic E-state index is 0.183. The molecule has 1 aliphatic rings. The fraction of sp³-hybridized carbons (Fsp3) is 0.316. The molecule has 134 valence electrons. The van der Waals surface area contributed by atoms with E-state index in [1.54, 1.807) is 23.0 Å². The molecule has 1 amide bonds. The fourth-order valence-corrected chi connectivity index (χ4v) is 3.65. The van der Waals surface area contributed by atoms with E-state index in [1.165, 1.54) is 0 Å². The molecule has 6 nitrogen and oxygen atoms in total. The number of aliphatic hydroxyl groups excluding tert-OH is 1. The van der Waals surface area contributed by atoms with Crippen LogP contribution in [0, 0.1) is 5.92 Å². The van der Waals surface area contributed by atoms with Crippen molar-refractivity contribution in [2.24, 2.45) is 13.0 Å². The van der Waals surface area contributed by atoms with Crippen LogP contribution in [-0.2, 0) is 7.05 Å². The third kappa shape index (κ3) is 3.18. The van der Waals surface area contributed by atoms with E-state index in [4.69, 9.17) is 11.6 Å². The minimum atomic E-state index is -0.298. The molecule has 0 saturated heterocycles. The second-order valence-electron chi connectivity index (χ2n) is 6.79. The molecule has 0 aliphatic heterocycles. The molecule has 2 N–H and O–H groups in total. The molecule has 1 aromatic carbocycles. The zero-order valence-electron chi connectivity index (χ0n) is 14.3. The molecular formula is C19H19ClN4O2. The van der Waals surface area contributed by atoms with Crippen LogP contribution in [0.25, 0.3) is 10.9 Å². The summed E-state index contributed by atoms with van der Waals surface area (Å²) in [7, 11) is 1.84. The molecule has 4 rings (SSSR count). The van der Waals surface area contributed by atoms with Gasteiger partial charge < -0.3 is 10.4 Å². The highest BCUT2D eigenvalue weighted by atomic mass is 35.5. The quantitative estimate of drug-likeness (QED) is 0.740. The third-order valence-corrected chi connectivity index (χ3v) is 5.20. The Kier molecular flexibility index (Phi) is 4.38. The summed E-state index contributed by atoms with van der Waals surface area (Å²) in [5.41, 5.74) is 1.86. The van der Waals surface area contributed by atoms with E-state index in [9.17, 15) is 9.90 Å². The van der Waals surface area contributed by atoms with E-state index in [0.717, 1.165) is 10.9 Å². The van der Waals surface area contributed by atoms with Crippen molar-refractivity contribution in [2.75, 3.05) is 0 Å². The maximum absolute atomic E-state index is 12.8. The smallest absolute Gasteiger partial charge is 0.270 e. The molecule has 26 heavy (non-hydrogen) atoms. The number of nitrogens with zero attached hydrogens (tertiary/aromatic N) is 3. The van der Waals surface area contributed by atoms with Gasteiger partial charge in [-0.15, -0.1) is 0 Å². The number of aryl methyl sites for hydroxylation is 1. The summed E-state index contributed by atoms with van der Waals surface area (Å²) in [5.74, 6) is -0.0794. The van der Waals surface area contributed by atoms with Crippen molar-refractivity contribution in [1.29, 1.82) is 0 Å². The lowest BCUT2D eigenvalue weighted by Crippen LogP contribution is -2.41. The molecule has 2 aromatic heterocycles. The molecule has 1 saturated carbocycles. The number of carbonyl (C=O) groups is 1. The SMILES string of the molecule is Cn1cc(C(NC(=O)c2ccc3cccc(Cl)c3n2)C2CC(O)C2)cn1. The lowest BCUT2D eigenvalue weighted by molar-refractivity contribution is 0.0234. The van der Waals surface area contributed by atoms with E-state index >= 15 is 0 Å². The average Bonchev–Trinajstić information content (AvgIpc) is 3.03. The number of benzene rings is 1. The molecule has 3 aromatic rings. The molecule has 0 bridgehead atoms. The summed E-state index contributed by atoms with van der Waals surface area (Å²) in [6.07, 6.45) is 4.67. The van der Waals surface area contributed by atoms with E-state index in [-0.39, 0.29) is 24.0 Å². The van der Waals surface area contributed by atoms with Crippen molar-refractivity contribution < 1.29 is 9.90 Å². The monoisotopic (exact) mass is 370 g/mol. The van der Waals surface area contributed by atoms with Gasteiger partial charge in [-0.25, -0.2) is 4.98 Å². The zero-order chi connectivity index (χ0) is 18.3. The first-order valence-corrected chi connectivity index (χ1v) is 8.92. The van der Waals surface area contributed by atoms with Crippen molar-refractivity contribution in [2.45, 2.75) is 25.0 Å². The number of nitrogens with one attached hydrogen (secondary N) is 1. The first kappa shape index (κ1) is 17.0. The predicted molar refractivity (Wildman–Crippen MR) is 98.9 cm³/mol. The Hall–Kier alpha value is -2.44. The third-order valence-electron chi connectivity index (χ3n) is 4.90. The van der Waals surface area contributed by atoms with Crippen molar-refractivity contribution in [3.63, 3.8) is 0 Å². The highest BCUT2D eigenvalue weighted by molar-refractivity contribution is 6.35. The Morgan fingerprint density at radius 2 is 2.15 bits per heavy atom. The van der Waals surface area contributed by atoms with Crippen molar-refractivity contribution in [1.82, 2.24) is 20.1 Å². The van der Waals surface area contributed by atoms with E-state index in [2.05, 4.69) is 15.4 Å². The van der Waals surface area contributed by atoms with Gasteiger partial charge in [0.15, 0.2) is 0 Å². The molecule has 7 heteroatoms. The van der Waals surface area contributed by atoms with E-state index < -0.39 is 0 Å². The fourth-order valence-electron chi connectivity index (χ4n) is 3.43. The molecule has 1 unspecified atom stereocenters. The van der Waals surface area contributed by atoms with Crippen LogP contribution < -0.4 is 5.32 Å². The van der Waals surface area contributed by atoms with Gasteiger partial charge in [0, 0.05) is 24.2 Å². The number of aliphatic hydroxyl groups is 1. The number of amides is 1. The zero-order valence-corrected chi connectivity index (χ0v) is 15.0. The first-order valence-electron chi connectivity index (χ1n) is 8.54. The lowest BCUT2D eigenvalue weighted by atomic mass is 9.75. The van der Waals surface area contributed by atoms with Gasteiger partial charge in [-0.05, 0) is 30.9 Å². The second-order valence-corrected chi connectivity index (χ2v) is 7.20. The van der Waals surface area contributed by atoms with Gasteiger partial charge >= 0.3 is 0 Å². The summed E-state index contributed by atoms with van der Waals surface area (Å²) < 4.78 is 1.71. The van der Waals surface area contributed by atoms with Crippen LogP contribution in [0.4, 0.5) is 0 Å². The highest BCUT2D eigenvalue weighted by Gasteiger charge is 2.36. The topological polar surface area (TPSA) is 80.0 Å². The summed E-state index contributed by atoms with van der Waals surface area (Å²) in [6, 6.07) is 8.85. The summed E-state index contributed by atoms with van der Waals surface area (Å²) >= 11 is 6.20. The number of pyridine rings is 1. The number of halogens is 1. The number of hydrogen-bond acceptors (Lipinski definition) is 4. The Morgan fingerprint density at radius 1 is 1.35 bits per heavy atom.